The van der Waals surface area contributed by atoms with Crippen LogP contribution < -0.4 is 15.0 Å². The molecule has 2 N–H and O–H groups in total. The van der Waals surface area contributed by atoms with Crippen LogP contribution in [0.15, 0.2) is 61.1 Å². The van der Waals surface area contributed by atoms with Crippen molar-refractivity contribution in [1.29, 1.82) is 0 Å². The molecule has 1 saturated heterocycles. The summed E-state index contributed by atoms with van der Waals surface area (Å²) in [5, 5.41) is 14.6. The van der Waals surface area contributed by atoms with E-state index in [9.17, 15) is 5.11 Å². The number of pyridine rings is 2. The van der Waals surface area contributed by atoms with E-state index in [0.717, 1.165) is 22.5 Å². The average Bonchev–Trinajstić information content (AvgIpc) is 2.84. The fraction of sp³-hybridized carbons (Fsp3) is 0.280. The molecule has 1 fully saturated rings. The number of piperidine rings is 1. The van der Waals surface area contributed by atoms with E-state index in [1.54, 1.807) is 25.7 Å². The first-order chi connectivity index (χ1) is 16.0. The van der Waals surface area contributed by atoms with Crippen LogP contribution in [0.4, 0.5) is 17.3 Å². The van der Waals surface area contributed by atoms with Gasteiger partial charge in [0.2, 0.25) is 0 Å². The fourth-order valence-electron chi connectivity index (χ4n) is 4.06. The number of nitrogens with one attached hydrogen (secondary N) is 1. The Labute approximate surface area is 192 Å². The Morgan fingerprint density at radius 3 is 2.61 bits per heavy atom. The molecule has 4 aromatic rings. The molecule has 0 spiro atoms. The fourth-order valence-corrected chi connectivity index (χ4v) is 4.06. The lowest BCUT2D eigenvalue weighted by Gasteiger charge is -2.37. The van der Waals surface area contributed by atoms with Crippen molar-refractivity contribution in [2.45, 2.75) is 25.4 Å². The van der Waals surface area contributed by atoms with E-state index >= 15 is 0 Å². The maximum Gasteiger partial charge on any atom is 0.162 e. The third kappa shape index (κ3) is 4.42. The minimum atomic E-state index is -0.656. The van der Waals surface area contributed by atoms with Gasteiger partial charge in [-0.25, -0.2) is 15.0 Å². The smallest absolute Gasteiger partial charge is 0.162 e. The molecule has 0 saturated carbocycles. The number of aromatic nitrogens is 4. The van der Waals surface area contributed by atoms with Crippen LogP contribution in [-0.2, 0) is 0 Å². The van der Waals surface area contributed by atoms with Crippen molar-refractivity contribution in [3.63, 3.8) is 0 Å². The number of hydrogen-bond acceptors (Lipinski definition) is 8. The number of methoxy groups -OCH3 is 1. The predicted molar refractivity (Wildman–Crippen MR) is 129 cm³/mol. The second kappa shape index (κ2) is 8.63. The molecule has 3 aromatic heterocycles. The molecule has 0 atom stereocenters. The minimum Gasteiger partial charge on any atom is -0.494 e. The van der Waals surface area contributed by atoms with Gasteiger partial charge >= 0.3 is 0 Å². The monoisotopic (exact) mass is 442 g/mol. The van der Waals surface area contributed by atoms with Crippen molar-refractivity contribution in [3.05, 3.63) is 61.1 Å². The number of aliphatic hydroxyl groups is 1. The van der Waals surface area contributed by atoms with E-state index in [4.69, 9.17) is 14.7 Å². The summed E-state index contributed by atoms with van der Waals surface area (Å²) in [5.41, 5.74) is 1.85. The van der Waals surface area contributed by atoms with Crippen molar-refractivity contribution in [1.82, 2.24) is 19.9 Å². The van der Waals surface area contributed by atoms with E-state index in [-0.39, 0.29) is 0 Å². The average molecular weight is 443 g/mol. The minimum absolute atomic E-state index is 0.586. The van der Waals surface area contributed by atoms with Crippen LogP contribution >= 0.6 is 0 Å². The molecule has 4 heterocycles. The number of fused-ring (bicyclic) bond motifs is 1. The topological polar surface area (TPSA) is 96.3 Å². The van der Waals surface area contributed by atoms with Crippen molar-refractivity contribution < 1.29 is 9.84 Å². The van der Waals surface area contributed by atoms with Gasteiger partial charge in [0.15, 0.2) is 5.82 Å². The van der Waals surface area contributed by atoms with Gasteiger partial charge in [0, 0.05) is 30.5 Å². The highest BCUT2D eigenvalue weighted by molar-refractivity contribution is 5.95. The largest absolute Gasteiger partial charge is 0.494 e. The van der Waals surface area contributed by atoms with Gasteiger partial charge in [-0.05, 0) is 44.0 Å². The van der Waals surface area contributed by atoms with Crippen LogP contribution in [0.25, 0.3) is 22.3 Å². The molecule has 5 rings (SSSR count). The number of benzene rings is 1. The lowest BCUT2D eigenvalue weighted by Crippen LogP contribution is -2.43. The highest BCUT2D eigenvalue weighted by Crippen LogP contribution is 2.36. The Morgan fingerprint density at radius 1 is 1.06 bits per heavy atom. The third-order valence-electron chi connectivity index (χ3n) is 5.98. The SMILES string of the molecule is COc1cncc2nc(-c3ccnc(Nc4ccccc4)c3)nc(N3CCC(C)(O)CC3)c12. The molecule has 0 unspecified atom stereocenters. The standard InChI is InChI=1S/C25H26N6O2/c1-25(32)9-12-31(13-10-25)24-22-19(15-26-16-20(22)33-2)29-23(30-24)17-8-11-27-21(14-17)28-18-6-4-3-5-7-18/h3-8,11,14-16,32H,9-10,12-13H2,1-2H3,(H,27,28). The highest BCUT2D eigenvalue weighted by Gasteiger charge is 2.30. The molecule has 33 heavy (non-hydrogen) atoms. The zero-order valence-electron chi connectivity index (χ0n) is 18.7. The third-order valence-corrected chi connectivity index (χ3v) is 5.98. The maximum atomic E-state index is 10.4. The molecule has 0 amide bonds. The molecule has 1 aliphatic heterocycles. The molecular formula is C25H26N6O2. The predicted octanol–water partition coefficient (Wildman–Crippen LogP) is 4.19. The van der Waals surface area contributed by atoms with Gasteiger partial charge in [-0.2, -0.15) is 0 Å². The Bertz CT molecular complexity index is 1270. The lowest BCUT2D eigenvalue weighted by molar-refractivity contribution is 0.0350. The summed E-state index contributed by atoms with van der Waals surface area (Å²) in [4.78, 5) is 20.7. The Balaban J connectivity index is 1.58. The number of ether oxygens (including phenoxy) is 1. The Hall–Kier alpha value is -3.78. The Kier molecular flexibility index (Phi) is 5.51. The second-order valence-corrected chi connectivity index (χ2v) is 8.51. The molecule has 0 aliphatic carbocycles. The van der Waals surface area contributed by atoms with Crippen LogP contribution in [-0.4, -0.2) is 50.8 Å². The van der Waals surface area contributed by atoms with Crippen LogP contribution in [0, 0.1) is 0 Å². The van der Waals surface area contributed by atoms with Gasteiger partial charge in [0.25, 0.3) is 0 Å². The van der Waals surface area contributed by atoms with Crippen LogP contribution in [0.1, 0.15) is 19.8 Å². The summed E-state index contributed by atoms with van der Waals surface area (Å²) < 4.78 is 5.59. The van der Waals surface area contributed by atoms with Crippen molar-refractivity contribution in [2.75, 3.05) is 30.4 Å². The van der Waals surface area contributed by atoms with E-state index in [2.05, 4.69) is 20.2 Å². The van der Waals surface area contributed by atoms with E-state index < -0.39 is 5.60 Å². The van der Waals surface area contributed by atoms with E-state index in [1.165, 1.54) is 0 Å². The molecule has 1 aliphatic rings. The number of anilines is 3. The lowest BCUT2D eigenvalue weighted by atomic mass is 9.94. The van der Waals surface area contributed by atoms with E-state index in [0.29, 0.717) is 48.8 Å². The van der Waals surface area contributed by atoms with Gasteiger partial charge in [0.05, 0.1) is 36.0 Å². The first-order valence-corrected chi connectivity index (χ1v) is 11.0. The second-order valence-electron chi connectivity index (χ2n) is 8.51. The number of nitrogens with zero attached hydrogens (tertiary/aromatic N) is 5. The van der Waals surface area contributed by atoms with Gasteiger partial charge in [0.1, 0.15) is 17.4 Å². The summed E-state index contributed by atoms with van der Waals surface area (Å²) in [6, 6.07) is 13.7. The van der Waals surface area contributed by atoms with Gasteiger partial charge in [-0.15, -0.1) is 0 Å². The van der Waals surface area contributed by atoms with Crippen LogP contribution in [0.5, 0.6) is 5.75 Å². The van der Waals surface area contributed by atoms with E-state index in [1.807, 2.05) is 49.4 Å². The summed E-state index contributed by atoms with van der Waals surface area (Å²) in [7, 11) is 1.62. The quantitative estimate of drug-likeness (QED) is 0.475. The van der Waals surface area contributed by atoms with Crippen molar-refractivity contribution in [2.24, 2.45) is 0 Å². The normalized spacial score (nSPS) is 15.4. The molecule has 8 heteroatoms. The van der Waals surface area contributed by atoms with Gasteiger partial charge < -0.3 is 20.1 Å². The molecule has 168 valence electrons. The number of para-hydroxylation sites is 1. The first-order valence-electron chi connectivity index (χ1n) is 11.0. The van der Waals surface area contributed by atoms with Gasteiger partial charge in [-0.3, -0.25) is 4.98 Å². The van der Waals surface area contributed by atoms with Crippen LogP contribution in [0.2, 0.25) is 0 Å². The summed E-state index contributed by atoms with van der Waals surface area (Å²) in [5.74, 6) is 2.72. The Morgan fingerprint density at radius 2 is 1.85 bits per heavy atom. The molecular weight excluding hydrogens is 416 g/mol. The summed E-state index contributed by atoms with van der Waals surface area (Å²) in [6.45, 7) is 3.28. The van der Waals surface area contributed by atoms with Crippen molar-refractivity contribution >= 4 is 28.2 Å². The van der Waals surface area contributed by atoms with Crippen LogP contribution in [0.3, 0.4) is 0 Å². The zero-order valence-corrected chi connectivity index (χ0v) is 18.7. The van der Waals surface area contributed by atoms with Crippen molar-refractivity contribution in [3.8, 4) is 17.1 Å². The number of rotatable bonds is 5. The summed E-state index contributed by atoms with van der Waals surface area (Å²) in [6.07, 6.45) is 6.50. The number of hydrogen-bond donors (Lipinski definition) is 2. The first kappa shape index (κ1) is 21.1. The maximum absolute atomic E-state index is 10.4. The highest BCUT2D eigenvalue weighted by atomic mass is 16.5. The molecule has 8 nitrogen and oxygen atoms in total. The molecule has 1 aromatic carbocycles. The molecule has 0 radical (unpaired) electrons. The van der Waals surface area contributed by atoms with Gasteiger partial charge in [-0.1, -0.05) is 18.2 Å². The molecule has 0 bridgehead atoms. The zero-order chi connectivity index (χ0) is 22.8. The summed E-state index contributed by atoms with van der Waals surface area (Å²) >= 11 is 0.